The van der Waals surface area contributed by atoms with Crippen molar-refractivity contribution in [2.24, 2.45) is 23.2 Å². The average Bonchev–Trinajstić information content (AvgIpc) is 2.39. The number of rotatable bonds is 2. The van der Waals surface area contributed by atoms with Gasteiger partial charge in [-0.15, -0.1) is 0 Å². The van der Waals surface area contributed by atoms with E-state index in [1.54, 1.807) is 0 Å². The molecule has 2 nitrogen and oxygen atoms in total. The Hall–Kier alpha value is -0.673. The second-order valence-corrected chi connectivity index (χ2v) is 14.3. The summed E-state index contributed by atoms with van der Waals surface area (Å²) >= 11 is 0. The number of hydrogen-bond acceptors (Lipinski definition) is 2. The maximum Gasteiger partial charge on any atom is 0.184 e. The summed E-state index contributed by atoms with van der Waals surface area (Å²) in [5.41, 5.74) is 2.30. The van der Waals surface area contributed by atoms with Crippen LogP contribution in [0.2, 0.25) is 19.6 Å². The zero-order chi connectivity index (χ0) is 17.9. The number of fused-ring (bicyclic) bond motifs is 3. The minimum absolute atomic E-state index is 0.0935. The summed E-state index contributed by atoms with van der Waals surface area (Å²) in [5, 5.41) is 0. The van der Waals surface area contributed by atoms with E-state index >= 15 is 0 Å². The molecule has 3 aliphatic rings. The van der Waals surface area contributed by atoms with Crippen molar-refractivity contribution in [3.8, 4) is 0 Å². The molecule has 2 saturated carbocycles. The van der Waals surface area contributed by atoms with Gasteiger partial charge in [-0.3, -0.25) is 4.79 Å². The molecule has 3 rings (SSSR count). The standard InChI is InChI=1S/C21H34O2Si/c1-14-8-9-18-16(3)11-19-15(2)10-17(22)13-20(19,4)21(18,12-14)23-24(5,6)7/h10,14,18-19H,3,8-9,11-13H2,1-2,4-7H3/t14-,18+,19-,20-,21+/m1/s1. The van der Waals surface area contributed by atoms with Crippen LogP contribution in [-0.4, -0.2) is 19.7 Å². The molecular formula is C21H34O2Si. The van der Waals surface area contributed by atoms with Crippen molar-refractivity contribution in [2.45, 2.75) is 78.1 Å². The van der Waals surface area contributed by atoms with Crippen LogP contribution in [0.4, 0.5) is 0 Å². The monoisotopic (exact) mass is 346 g/mol. The van der Waals surface area contributed by atoms with Gasteiger partial charge in [-0.1, -0.05) is 31.6 Å². The SMILES string of the molecule is C=C1C[C@@H]2C(C)=CC(=O)C[C@@]2(C)[C@]2(O[Si](C)(C)C)C[C@H](C)CC[C@@H]12. The zero-order valence-electron chi connectivity index (χ0n) is 16.4. The van der Waals surface area contributed by atoms with Crippen LogP contribution >= 0.6 is 0 Å². The molecule has 0 heterocycles. The van der Waals surface area contributed by atoms with E-state index in [4.69, 9.17) is 4.43 Å². The van der Waals surface area contributed by atoms with Crippen molar-refractivity contribution in [2.75, 3.05) is 0 Å². The predicted octanol–water partition coefficient (Wildman–Crippen LogP) is 5.51. The Morgan fingerprint density at radius 1 is 1.25 bits per heavy atom. The number of ketones is 1. The van der Waals surface area contributed by atoms with Gasteiger partial charge < -0.3 is 4.43 Å². The normalized spacial score (nSPS) is 43.1. The summed E-state index contributed by atoms with van der Waals surface area (Å²) in [5.74, 6) is 1.76. The molecule has 0 N–H and O–H groups in total. The smallest absolute Gasteiger partial charge is 0.184 e. The lowest BCUT2D eigenvalue weighted by atomic mass is 9.45. The zero-order valence-corrected chi connectivity index (χ0v) is 17.4. The second-order valence-electron chi connectivity index (χ2n) is 9.91. The van der Waals surface area contributed by atoms with Crippen LogP contribution in [0.15, 0.2) is 23.8 Å². The van der Waals surface area contributed by atoms with E-state index in [-0.39, 0.29) is 16.8 Å². The fourth-order valence-corrected chi connectivity index (χ4v) is 7.57. The highest BCUT2D eigenvalue weighted by Gasteiger charge is 2.64. The average molecular weight is 347 g/mol. The molecule has 0 aromatic rings. The Morgan fingerprint density at radius 2 is 1.92 bits per heavy atom. The van der Waals surface area contributed by atoms with Crippen molar-refractivity contribution >= 4 is 14.1 Å². The molecule has 0 aromatic heterocycles. The molecule has 2 fully saturated rings. The lowest BCUT2D eigenvalue weighted by molar-refractivity contribution is -0.170. The topological polar surface area (TPSA) is 26.3 Å². The lowest BCUT2D eigenvalue weighted by Crippen LogP contribution is -2.66. The Bertz CT molecular complexity index is 599. The minimum Gasteiger partial charge on any atom is -0.411 e. The van der Waals surface area contributed by atoms with Gasteiger partial charge in [0.1, 0.15) is 0 Å². The largest absolute Gasteiger partial charge is 0.411 e. The van der Waals surface area contributed by atoms with Gasteiger partial charge in [0.15, 0.2) is 14.1 Å². The van der Waals surface area contributed by atoms with Gasteiger partial charge in [0.2, 0.25) is 0 Å². The first-order chi connectivity index (χ1) is 11.0. The third-order valence-electron chi connectivity index (χ3n) is 6.83. The molecule has 5 atom stereocenters. The van der Waals surface area contributed by atoms with Crippen LogP contribution in [0.3, 0.4) is 0 Å². The van der Waals surface area contributed by atoms with E-state index in [9.17, 15) is 4.79 Å². The molecule has 134 valence electrons. The van der Waals surface area contributed by atoms with E-state index in [0.717, 1.165) is 12.8 Å². The molecule has 3 heteroatoms. The van der Waals surface area contributed by atoms with Crippen LogP contribution in [0.1, 0.15) is 52.9 Å². The van der Waals surface area contributed by atoms with Crippen molar-refractivity contribution in [3.63, 3.8) is 0 Å². The van der Waals surface area contributed by atoms with E-state index < -0.39 is 8.32 Å². The highest BCUT2D eigenvalue weighted by molar-refractivity contribution is 6.69. The maximum atomic E-state index is 12.5. The van der Waals surface area contributed by atoms with E-state index in [1.165, 1.54) is 24.0 Å². The first-order valence-corrected chi connectivity index (χ1v) is 13.0. The molecular weight excluding hydrogens is 312 g/mol. The van der Waals surface area contributed by atoms with E-state index in [0.29, 0.717) is 24.2 Å². The van der Waals surface area contributed by atoms with Crippen molar-refractivity contribution in [1.82, 2.24) is 0 Å². The quantitative estimate of drug-likeness (QED) is 0.486. The number of carbonyl (C=O) groups excluding carboxylic acids is 1. The minimum atomic E-state index is -1.76. The second kappa shape index (κ2) is 5.67. The van der Waals surface area contributed by atoms with Gasteiger partial charge >= 0.3 is 0 Å². The maximum absolute atomic E-state index is 12.5. The molecule has 0 unspecified atom stereocenters. The van der Waals surface area contributed by atoms with Crippen LogP contribution < -0.4 is 0 Å². The summed E-state index contributed by atoms with van der Waals surface area (Å²) in [6.45, 7) is 18.2. The molecule has 24 heavy (non-hydrogen) atoms. The summed E-state index contributed by atoms with van der Waals surface area (Å²) in [4.78, 5) is 12.5. The Kier molecular flexibility index (Phi) is 4.28. The molecule has 0 bridgehead atoms. The highest BCUT2D eigenvalue weighted by atomic mass is 28.4. The van der Waals surface area contributed by atoms with Gasteiger partial charge in [0.25, 0.3) is 0 Å². The van der Waals surface area contributed by atoms with Gasteiger partial charge in [-0.05, 0) is 70.2 Å². The fourth-order valence-electron chi connectivity index (χ4n) is 6.02. The van der Waals surface area contributed by atoms with Crippen LogP contribution in [0, 0.1) is 23.2 Å². The first kappa shape index (κ1) is 18.1. The highest BCUT2D eigenvalue weighted by Crippen LogP contribution is 2.64. The van der Waals surface area contributed by atoms with Crippen LogP contribution in [-0.2, 0) is 9.22 Å². The van der Waals surface area contributed by atoms with Gasteiger partial charge in [0.05, 0.1) is 5.60 Å². The summed E-state index contributed by atoms with van der Waals surface area (Å²) < 4.78 is 7.08. The molecule has 0 aromatic carbocycles. The van der Waals surface area contributed by atoms with Gasteiger partial charge in [-0.2, -0.15) is 0 Å². The van der Waals surface area contributed by atoms with Gasteiger partial charge in [0, 0.05) is 17.8 Å². The number of hydrogen-bond donors (Lipinski definition) is 0. The van der Waals surface area contributed by atoms with Crippen LogP contribution in [0.25, 0.3) is 0 Å². The molecule has 0 saturated heterocycles. The molecule has 0 amide bonds. The molecule has 3 aliphatic carbocycles. The molecule has 0 spiro atoms. The Balaban J connectivity index is 2.18. The number of allylic oxidation sites excluding steroid dienone is 2. The summed E-state index contributed by atoms with van der Waals surface area (Å²) in [7, 11) is -1.76. The van der Waals surface area contributed by atoms with E-state index in [2.05, 4.69) is 47.0 Å². The first-order valence-electron chi connectivity index (χ1n) is 9.57. The van der Waals surface area contributed by atoms with Gasteiger partial charge in [-0.25, -0.2) is 0 Å². The third kappa shape index (κ3) is 2.68. The van der Waals surface area contributed by atoms with E-state index in [1.807, 2.05) is 6.08 Å². The number of carbonyl (C=O) groups is 1. The van der Waals surface area contributed by atoms with Crippen molar-refractivity contribution in [1.29, 1.82) is 0 Å². The van der Waals surface area contributed by atoms with Crippen LogP contribution in [0.5, 0.6) is 0 Å². The lowest BCUT2D eigenvalue weighted by Gasteiger charge is -2.65. The Labute approximate surface area is 148 Å². The Morgan fingerprint density at radius 3 is 2.54 bits per heavy atom. The van der Waals surface area contributed by atoms with Crippen molar-refractivity contribution < 1.29 is 9.22 Å². The fraction of sp³-hybridized carbons (Fsp3) is 0.762. The predicted molar refractivity (Wildman–Crippen MR) is 102 cm³/mol. The summed E-state index contributed by atoms with van der Waals surface area (Å²) in [6.07, 6.45) is 7.05. The van der Waals surface area contributed by atoms with Crippen molar-refractivity contribution in [3.05, 3.63) is 23.8 Å². The summed E-state index contributed by atoms with van der Waals surface area (Å²) in [6, 6.07) is 0. The molecule has 0 radical (unpaired) electrons. The third-order valence-corrected chi connectivity index (χ3v) is 7.80. The molecule has 0 aliphatic heterocycles.